The summed E-state index contributed by atoms with van der Waals surface area (Å²) in [5.41, 5.74) is 1.63. The van der Waals surface area contributed by atoms with E-state index < -0.39 is 6.43 Å². The lowest BCUT2D eigenvalue weighted by atomic mass is 10.1. The van der Waals surface area contributed by atoms with Gasteiger partial charge in [-0.1, -0.05) is 31.2 Å². The summed E-state index contributed by atoms with van der Waals surface area (Å²) in [6.07, 6.45) is -0.313. The maximum atomic E-state index is 12.4. The minimum atomic E-state index is -2.44. The van der Waals surface area contributed by atoms with Gasteiger partial charge in [0.25, 0.3) is 6.43 Å². The lowest BCUT2D eigenvalue weighted by molar-refractivity contribution is 0.151. The molecule has 0 spiro atoms. The Labute approximate surface area is 91.9 Å². The van der Waals surface area contributed by atoms with Crippen molar-refractivity contribution in [1.29, 1.82) is 0 Å². The number of aryl methyl sites for hydroxylation is 1. The third-order valence-electron chi connectivity index (χ3n) is 2.40. The van der Waals surface area contributed by atoms with Crippen LogP contribution in [-0.4, -0.2) is 4.98 Å². The second-order valence-corrected chi connectivity index (χ2v) is 3.40. The number of hydrogen-bond donors (Lipinski definition) is 0. The van der Waals surface area contributed by atoms with Crippen LogP contribution in [0.2, 0.25) is 0 Å². The van der Waals surface area contributed by atoms with Gasteiger partial charge in [-0.3, -0.25) is 0 Å². The predicted octanol–water partition coefficient (Wildman–Crippen LogP) is 3.84. The maximum Gasteiger partial charge on any atom is 0.263 e. The van der Waals surface area contributed by atoms with Crippen molar-refractivity contribution in [2.24, 2.45) is 0 Å². The van der Waals surface area contributed by atoms with Gasteiger partial charge in [0.05, 0.1) is 5.69 Å². The molecule has 1 aromatic carbocycles. The van der Waals surface area contributed by atoms with Crippen LogP contribution in [0.4, 0.5) is 8.78 Å². The minimum Gasteiger partial charge on any atom is -0.443 e. The van der Waals surface area contributed by atoms with E-state index in [2.05, 4.69) is 4.98 Å². The second kappa shape index (κ2) is 4.43. The lowest BCUT2D eigenvalue weighted by Crippen LogP contribution is -1.86. The van der Waals surface area contributed by atoms with Gasteiger partial charge < -0.3 is 4.42 Å². The molecule has 0 unspecified atom stereocenters. The van der Waals surface area contributed by atoms with Gasteiger partial charge >= 0.3 is 0 Å². The Kier molecular flexibility index (Phi) is 2.99. The quantitative estimate of drug-likeness (QED) is 0.790. The van der Waals surface area contributed by atoms with Crippen LogP contribution in [0.25, 0.3) is 11.3 Å². The largest absolute Gasteiger partial charge is 0.443 e. The zero-order chi connectivity index (χ0) is 11.5. The van der Waals surface area contributed by atoms with Crippen molar-refractivity contribution in [3.8, 4) is 11.3 Å². The van der Waals surface area contributed by atoms with Crippen LogP contribution in [0.3, 0.4) is 0 Å². The highest BCUT2D eigenvalue weighted by Crippen LogP contribution is 2.26. The minimum absolute atomic E-state index is 0.0151. The van der Waals surface area contributed by atoms with Crippen LogP contribution in [0.1, 0.15) is 24.6 Å². The van der Waals surface area contributed by atoms with Crippen molar-refractivity contribution < 1.29 is 13.2 Å². The van der Waals surface area contributed by atoms with E-state index in [0.717, 1.165) is 17.7 Å². The summed E-state index contributed by atoms with van der Waals surface area (Å²) in [6.45, 7) is 1.97. The first-order valence-corrected chi connectivity index (χ1v) is 5.03. The molecule has 84 valence electrons. The number of oxazole rings is 1. The number of hydrogen-bond acceptors (Lipinski definition) is 2. The summed E-state index contributed by atoms with van der Waals surface area (Å²) >= 11 is 0. The fraction of sp³-hybridized carbons (Fsp3) is 0.250. The molecule has 0 amide bonds. The molecule has 2 aromatic rings. The Morgan fingerprint density at radius 1 is 1.25 bits per heavy atom. The third kappa shape index (κ3) is 1.96. The molecule has 0 saturated carbocycles. The molecule has 0 atom stereocenters. The predicted molar refractivity (Wildman–Crippen MR) is 56.3 cm³/mol. The molecular formula is C12H11F2NO. The highest BCUT2D eigenvalue weighted by atomic mass is 19.3. The van der Waals surface area contributed by atoms with Crippen molar-refractivity contribution in [3.05, 3.63) is 41.9 Å². The van der Waals surface area contributed by atoms with Gasteiger partial charge in [0.15, 0.2) is 12.2 Å². The Morgan fingerprint density at radius 2 is 1.94 bits per heavy atom. The first-order chi connectivity index (χ1) is 7.72. The molecule has 0 radical (unpaired) electrons. The van der Waals surface area contributed by atoms with Gasteiger partial charge in [-0.15, -0.1) is 0 Å². The number of aromatic nitrogens is 1. The average molecular weight is 223 g/mol. The van der Waals surface area contributed by atoms with Crippen molar-refractivity contribution in [1.82, 2.24) is 4.98 Å². The van der Waals surface area contributed by atoms with Gasteiger partial charge in [0, 0.05) is 11.1 Å². The molecule has 4 heteroatoms. The molecule has 0 aliphatic heterocycles. The number of nitrogens with zero attached hydrogens (tertiary/aromatic N) is 1. The number of alkyl halides is 2. The van der Waals surface area contributed by atoms with Gasteiger partial charge in [-0.05, 0) is 6.42 Å². The topological polar surface area (TPSA) is 26.0 Å². The monoisotopic (exact) mass is 223 g/mol. The SMILES string of the molecule is CCc1ncoc1-c1ccc(C(F)F)cc1. The zero-order valence-electron chi connectivity index (χ0n) is 8.78. The molecule has 0 N–H and O–H groups in total. The standard InChI is InChI=1S/C12H11F2NO/c1-2-10-11(16-7-15-10)8-3-5-9(6-4-8)12(13)14/h3-7,12H,2H2,1H3. The molecule has 0 aliphatic rings. The second-order valence-electron chi connectivity index (χ2n) is 3.40. The van der Waals surface area contributed by atoms with Gasteiger partial charge in [-0.25, -0.2) is 13.8 Å². The van der Waals surface area contributed by atoms with E-state index in [1.165, 1.54) is 18.5 Å². The molecule has 2 nitrogen and oxygen atoms in total. The summed E-state index contributed by atoms with van der Waals surface area (Å²) < 4.78 is 29.9. The molecule has 2 rings (SSSR count). The van der Waals surface area contributed by atoms with Crippen LogP contribution in [0, 0.1) is 0 Å². The Bertz CT molecular complexity index is 462. The molecule has 0 aliphatic carbocycles. The van der Waals surface area contributed by atoms with E-state index in [9.17, 15) is 8.78 Å². The van der Waals surface area contributed by atoms with E-state index in [4.69, 9.17) is 4.42 Å². The molecule has 0 bridgehead atoms. The Morgan fingerprint density at radius 3 is 2.50 bits per heavy atom. The van der Waals surface area contributed by atoms with Gasteiger partial charge in [0.1, 0.15) is 0 Å². The van der Waals surface area contributed by atoms with Crippen LogP contribution in [0.5, 0.6) is 0 Å². The van der Waals surface area contributed by atoms with Gasteiger partial charge in [0.2, 0.25) is 0 Å². The molecule has 1 heterocycles. The zero-order valence-corrected chi connectivity index (χ0v) is 8.78. The maximum absolute atomic E-state index is 12.4. The molecule has 16 heavy (non-hydrogen) atoms. The van der Waals surface area contributed by atoms with Crippen molar-refractivity contribution in [2.45, 2.75) is 19.8 Å². The fourth-order valence-corrected chi connectivity index (χ4v) is 1.54. The van der Waals surface area contributed by atoms with Gasteiger partial charge in [-0.2, -0.15) is 0 Å². The highest BCUT2D eigenvalue weighted by molar-refractivity contribution is 5.60. The van der Waals surface area contributed by atoms with Crippen LogP contribution < -0.4 is 0 Å². The normalized spacial score (nSPS) is 11.0. The van der Waals surface area contributed by atoms with Crippen molar-refractivity contribution in [2.75, 3.05) is 0 Å². The first-order valence-electron chi connectivity index (χ1n) is 5.03. The summed E-state index contributed by atoms with van der Waals surface area (Å²) in [7, 11) is 0. The van der Waals surface area contributed by atoms with Crippen LogP contribution in [-0.2, 0) is 6.42 Å². The summed E-state index contributed by atoms with van der Waals surface area (Å²) in [4.78, 5) is 4.05. The highest BCUT2D eigenvalue weighted by Gasteiger charge is 2.11. The van der Waals surface area contributed by atoms with E-state index in [0.29, 0.717) is 5.76 Å². The van der Waals surface area contributed by atoms with E-state index in [1.54, 1.807) is 12.1 Å². The Hall–Kier alpha value is -1.71. The van der Waals surface area contributed by atoms with E-state index in [-0.39, 0.29) is 5.56 Å². The number of rotatable bonds is 3. The third-order valence-corrected chi connectivity index (χ3v) is 2.40. The van der Waals surface area contributed by atoms with Crippen molar-refractivity contribution >= 4 is 0 Å². The number of benzene rings is 1. The summed E-state index contributed by atoms with van der Waals surface area (Å²) in [6, 6.07) is 6.06. The summed E-state index contributed by atoms with van der Waals surface area (Å²) in [5, 5.41) is 0. The smallest absolute Gasteiger partial charge is 0.263 e. The molecular weight excluding hydrogens is 212 g/mol. The molecule has 0 fully saturated rings. The molecule has 1 aromatic heterocycles. The fourth-order valence-electron chi connectivity index (χ4n) is 1.54. The first kappa shape index (κ1) is 10.8. The van der Waals surface area contributed by atoms with Crippen molar-refractivity contribution in [3.63, 3.8) is 0 Å². The van der Waals surface area contributed by atoms with Crippen LogP contribution >= 0.6 is 0 Å². The lowest BCUT2D eigenvalue weighted by Gasteiger charge is -2.02. The Balaban J connectivity index is 2.35. The number of halogens is 2. The summed E-state index contributed by atoms with van der Waals surface area (Å²) in [5.74, 6) is 0.656. The molecule has 0 saturated heterocycles. The van der Waals surface area contributed by atoms with Crippen LogP contribution in [0.15, 0.2) is 35.1 Å². The average Bonchev–Trinajstić information content (AvgIpc) is 2.77. The van der Waals surface area contributed by atoms with E-state index in [1.807, 2.05) is 6.92 Å². The van der Waals surface area contributed by atoms with E-state index >= 15 is 0 Å².